The minimum atomic E-state index is -6.27. The number of nitrogens with one attached hydrogen (secondary N) is 3. The summed E-state index contributed by atoms with van der Waals surface area (Å²) in [5.74, 6) is -4.47. The maximum absolute atomic E-state index is 14.0. The predicted octanol–water partition coefficient (Wildman–Crippen LogP) is -6.50. The van der Waals surface area contributed by atoms with E-state index < -0.39 is 264 Å². The van der Waals surface area contributed by atoms with Crippen molar-refractivity contribution in [2.24, 2.45) is 0 Å². The van der Waals surface area contributed by atoms with Crippen molar-refractivity contribution in [3.8, 4) is 0 Å². The van der Waals surface area contributed by atoms with E-state index in [9.17, 15) is 125 Å². The molecular weight excluding hydrogens is 1780 g/mol. The van der Waals surface area contributed by atoms with Gasteiger partial charge in [-0.05, 0) is 25.7 Å². The Hall–Kier alpha value is -4.05. The van der Waals surface area contributed by atoms with Crippen molar-refractivity contribution in [1.82, 2.24) is 20.9 Å². The van der Waals surface area contributed by atoms with Crippen LogP contribution in [0.1, 0.15) is 51.4 Å². The van der Waals surface area contributed by atoms with Gasteiger partial charge < -0.3 is 107 Å². The summed E-state index contributed by atoms with van der Waals surface area (Å²) >= 11 is 1.75. The van der Waals surface area contributed by atoms with E-state index in [1.165, 1.54) is 4.90 Å². The fourth-order valence-corrected chi connectivity index (χ4v) is 18.2. The fraction of sp³-hybridized carbons (Fsp3) is 0.907. The molecule has 7 heterocycles. The molecule has 7 saturated heterocycles. The number of aliphatic carboxylic acids is 2. The van der Waals surface area contributed by atoms with Crippen LogP contribution in [0.25, 0.3) is 0 Å². The summed E-state index contributed by atoms with van der Waals surface area (Å²) in [5.41, 5.74) is 0. The van der Waals surface area contributed by atoms with Crippen molar-refractivity contribution in [2.45, 2.75) is 222 Å². The topological polar surface area (TPSA) is 758 Å². The highest BCUT2D eigenvalue weighted by molar-refractivity contribution is 8.00. The third-order valence-electron chi connectivity index (χ3n) is 18.6. The molecular formula is C54H90N4O51S8. The third kappa shape index (κ3) is 29.0. The molecule has 117 heavy (non-hydrogen) atoms. The standard InChI is InChI=1S/C54H90N4O51S8/c1-58(28(60)16-12-11-14-26-29-22(21-110-26)55-54(65)57-29)17-13-9-10-15-27(59)56-30-34(88-3)31(87-2)23(18-94-111(66,67)68)97-49(30)102-37-35(89-4)43(91-6)51(104-41(37)47(61)62)101-33-25(20-96-113(72,73)74)99-53(46(109-117(84,85)86)40(33)107-115(78,79)80)103-38-36(90-5)44(92-7)52(105-42(38)48(63)64)100-32-24(19-95-112(69,70)71)98-50(93-8)45(108-116(81,82)83)39(32)106-114(75,76)77/h22-26,29-46,49-53H,9-21H2,1-8H3,(H,56,59)(H,61,62)(H,63,64)(H2,55,57,65)(H,66,67,68)(H,69,70,71)(H,72,73,74)(H,75,76,77)(H,78,79,80)(H,81,82,83)(H,84,85,86)/t22-,23+,24+,25+,26-,29-,30+,31+,32+,33+,34+,35-,36-,37-,38-,39-,40-,41-,42+,43+,44+,45+,46+,49+,50-,51+,52+,53+/m0/s1. The van der Waals surface area contributed by atoms with Crippen LogP contribution in [-0.2, 0) is 197 Å². The molecule has 680 valence electrons. The number of urea groups is 1. The number of carbonyl (C=O) groups excluding carboxylic acids is 3. The summed E-state index contributed by atoms with van der Waals surface area (Å²) in [6.45, 7) is -4.19. The van der Waals surface area contributed by atoms with E-state index in [1.54, 1.807) is 18.8 Å². The second-order valence-electron chi connectivity index (χ2n) is 26.2. The van der Waals surface area contributed by atoms with Gasteiger partial charge in [-0.2, -0.15) is 70.7 Å². The highest BCUT2D eigenvalue weighted by Crippen LogP contribution is 2.42. The van der Waals surface area contributed by atoms with Gasteiger partial charge in [0.25, 0.3) is 0 Å². The van der Waals surface area contributed by atoms with Gasteiger partial charge in [-0.1, -0.05) is 12.8 Å². The van der Waals surface area contributed by atoms with Gasteiger partial charge in [0.1, 0.15) is 97.6 Å². The molecule has 28 atom stereocenters. The SMILES string of the molecule is CO[C@H]1O[C@H](COS(=O)(=O)O)[C@@H](O[C@@H]2O[C@@H](C(=O)O)[C@@H](O[C@H]3O[C@H](COS(=O)(=O)O)[C@@H](O[C@@H]4O[C@H](C(=O)O)[C@@H](O[C@H]5O[C@H](COS(=O)(=O)O)[C@@H](OC)[C@H](OC)[C@H]5NC(=O)CCCCCN(C)C(=O)CCCC[C@@H]5SC[C@@H]6NC(=O)N[C@@H]65)[C@H](OC)[C@H]4OC)[C@H](OS(=O)(=O)O)[C@H]3OS(=O)(=O)O)[C@H](OC)[C@H]2OC)[C@H](OS(=O)(=O)O)[C@H]1OS(=O)(=O)O. The van der Waals surface area contributed by atoms with E-state index in [2.05, 4.69) is 36.9 Å². The second kappa shape index (κ2) is 42.6. The van der Waals surface area contributed by atoms with Crippen molar-refractivity contribution in [3.63, 3.8) is 0 Å². The van der Waals surface area contributed by atoms with E-state index in [1.807, 2.05) is 0 Å². The Bertz CT molecular complexity index is 4180. The Morgan fingerprint density at radius 1 is 0.427 bits per heavy atom. The van der Waals surface area contributed by atoms with Gasteiger partial charge >= 0.3 is 90.8 Å². The number of methoxy groups -OCH3 is 7. The maximum atomic E-state index is 14.0. The molecule has 0 aromatic rings. The number of hydrogen-bond donors (Lipinski definition) is 12. The summed E-state index contributed by atoms with van der Waals surface area (Å²) in [7, 11) is -33.4. The highest BCUT2D eigenvalue weighted by atomic mass is 32.3. The molecule has 4 amide bonds. The fourth-order valence-electron chi connectivity index (χ4n) is 13.8. The molecule has 12 N–H and O–H groups in total. The average Bonchev–Trinajstić information content (AvgIpc) is 0.958. The van der Waals surface area contributed by atoms with Crippen LogP contribution in [0, 0.1) is 0 Å². The number of carboxylic acid groups (broad SMARTS) is 2. The van der Waals surface area contributed by atoms with Gasteiger partial charge in [0.15, 0.2) is 55.9 Å². The molecule has 0 aliphatic carbocycles. The molecule has 0 aromatic carbocycles. The summed E-state index contributed by atoms with van der Waals surface area (Å²) in [6, 6.07) is -1.81. The van der Waals surface area contributed by atoms with Crippen LogP contribution in [0.3, 0.4) is 0 Å². The zero-order valence-electron chi connectivity index (χ0n) is 62.2. The number of ether oxygens (including phenoxy) is 16. The Labute approximate surface area is 672 Å². The van der Waals surface area contributed by atoms with Crippen molar-refractivity contribution in [2.75, 3.05) is 88.9 Å². The minimum absolute atomic E-state index is 0.0135. The summed E-state index contributed by atoms with van der Waals surface area (Å²) in [5, 5.41) is 30.5. The molecule has 0 saturated carbocycles. The van der Waals surface area contributed by atoms with Crippen LogP contribution in [0.4, 0.5) is 4.79 Å². The summed E-state index contributed by atoms with van der Waals surface area (Å²) in [6.07, 6.45) is -56.1. The van der Waals surface area contributed by atoms with Gasteiger partial charge in [-0.25, -0.2) is 43.7 Å². The molecule has 7 aliphatic heterocycles. The zero-order chi connectivity index (χ0) is 87.4. The highest BCUT2D eigenvalue weighted by Gasteiger charge is 2.63. The first-order chi connectivity index (χ1) is 54.3. The molecule has 7 rings (SSSR count). The molecule has 0 unspecified atom stereocenters. The third-order valence-corrected chi connectivity index (χ3v) is 23.3. The first kappa shape index (κ1) is 100. The second-order valence-corrected chi connectivity index (χ2v) is 34.9. The molecule has 0 bridgehead atoms. The van der Waals surface area contributed by atoms with E-state index in [-0.39, 0.29) is 48.5 Å². The molecule has 0 spiro atoms. The normalized spacial score (nSPS) is 35.4. The van der Waals surface area contributed by atoms with Crippen LogP contribution in [0.15, 0.2) is 0 Å². The van der Waals surface area contributed by atoms with Crippen LogP contribution in [-0.4, -0.2) is 395 Å². The van der Waals surface area contributed by atoms with Gasteiger partial charge in [-0.3, -0.25) is 41.5 Å². The molecule has 0 radical (unpaired) electrons. The first-order valence-corrected chi connectivity index (χ1v) is 44.7. The lowest BCUT2D eigenvalue weighted by molar-refractivity contribution is -0.385. The van der Waals surface area contributed by atoms with E-state index in [0.29, 0.717) is 40.0 Å². The molecule has 7 aliphatic rings. The van der Waals surface area contributed by atoms with Crippen molar-refractivity contribution in [3.05, 3.63) is 0 Å². The largest absolute Gasteiger partial charge is 0.479 e. The Morgan fingerprint density at radius 3 is 1.23 bits per heavy atom. The van der Waals surface area contributed by atoms with Crippen molar-refractivity contribution >= 4 is 114 Å². The number of rotatable bonds is 46. The smallest absolute Gasteiger partial charge is 0.397 e. The number of fused-ring (bicyclic) bond motifs is 1. The van der Waals surface area contributed by atoms with Gasteiger partial charge in [0.05, 0.1) is 31.9 Å². The molecule has 0 aromatic heterocycles. The number of unbranched alkanes of at least 4 members (excludes halogenated alkanes) is 3. The van der Waals surface area contributed by atoms with Crippen LogP contribution in [0.2, 0.25) is 0 Å². The average molecular weight is 1870 g/mol. The lowest BCUT2D eigenvalue weighted by Gasteiger charge is -2.51. The minimum Gasteiger partial charge on any atom is -0.479 e. The monoisotopic (exact) mass is 1870 g/mol. The summed E-state index contributed by atoms with van der Waals surface area (Å²) < 4.78 is 367. The van der Waals surface area contributed by atoms with Gasteiger partial charge in [0.2, 0.25) is 11.8 Å². The van der Waals surface area contributed by atoms with Crippen LogP contribution in [0.5, 0.6) is 0 Å². The Morgan fingerprint density at radius 2 is 0.812 bits per heavy atom. The van der Waals surface area contributed by atoms with Crippen molar-refractivity contribution in [1.29, 1.82) is 0 Å². The van der Waals surface area contributed by atoms with Crippen LogP contribution >= 0.6 is 11.8 Å². The predicted molar refractivity (Wildman–Crippen MR) is 370 cm³/mol. The lowest BCUT2D eigenvalue weighted by atomic mass is 9.94. The molecule has 63 heteroatoms. The quantitative estimate of drug-likeness (QED) is 0.0153. The molecule has 7 fully saturated rings. The van der Waals surface area contributed by atoms with Gasteiger partial charge in [-0.15, -0.1) is 0 Å². The van der Waals surface area contributed by atoms with E-state index >= 15 is 0 Å². The first-order valence-electron chi connectivity index (χ1n) is 34.1. The molecule has 55 nitrogen and oxygen atoms in total. The zero-order valence-corrected chi connectivity index (χ0v) is 68.8. The summed E-state index contributed by atoms with van der Waals surface area (Å²) in [4.78, 5) is 67.6. The Kier molecular flexibility index (Phi) is 36.4. The van der Waals surface area contributed by atoms with Crippen LogP contribution < -0.4 is 16.0 Å². The number of nitrogens with zero attached hydrogens (tertiary/aromatic N) is 1. The van der Waals surface area contributed by atoms with E-state index in [4.69, 9.17) is 84.2 Å². The van der Waals surface area contributed by atoms with Gasteiger partial charge in [0, 0.05) is 87.2 Å². The maximum Gasteiger partial charge on any atom is 0.397 e. The number of carbonyl (C=O) groups is 5. The Balaban J connectivity index is 1.18. The number of thioether (sulfide) groups is 1. The number of hydrogen-bond acceptors (Lipinski definition) is 43. The number of amides is 4. The lowest BCUT2D eigenvalue weighted by Crippen LogP contribution is -2.70. The van der Waals surface area contributed by atoms with E-state index in [0.717, 1.165) is 54.1 Å². The van der Waals surface area contributed by atoms with Crippen molar-refractivity contribution < 1.29 is 230 Å². The number of carboxylic acids is 2.